The zero-order valence-electron chi connectivity index (χ0n) is 32.4. The molecule has 6 aromatic carbocycles. The number of carbonyl (C=O) groups excluding carboxylic acids is 3. The van der Waals surface area contributed by atoms with Gasteiger partial charge in [-0.05, 0) is 75.7 Å². The predicted octanol–water partition coefficient (Wildman–Crippen LogP) is 8.69. The SMILES string of the molecule is CN1C(=O)C(=C2/C(=C\C=c3\c4cccc5cccc(c54)n3Cc3ccccc3)CC/C2=C/C=c2/c3cccc4cccc(c43)n2Cc2ccccc2)C(=O)N(C)C1=O. The van der Waals surface area contributed by atoms with Crippen molar-refractivity contribution in [3.8, 4) is 0 Å². The lowest BCUT2D eigenvalue weighted by Gasteiger charge is -2.30. The lowest BCUT2D eigenvalue weighted by Crippen LogP contribution is -2.53. The second-order valence-corrected chi connectivity index (χ2v) is 15.3. The van der Waals surface area contributed by atoms with Crippen LogP contribution in [0.15, 0.2) is 168 Å². The van der Waals surface area contributed by atoms with Crippen LogP contribution in [0.3, 0.4) is 0 Å². The Morgan fingerprint density at radius 2 is 0.879 bits per heavy atom. The van der Waals surface area contributed by atoms with E-state index in [4.69, 9.17) is 0 Å². The largest absolute Gasteiger partial charge is 0.336 e. The van der Waals surface area contributed by atoms with Gasteiger partial charge in [-0.3, -0.25) is 19.4 Å². The fourth-order valence-corrected chi connectivity index (χ4v) is 9.08. The highest BCUT2D eigenvalue weighted by atomic mass is 16.2. The van der Waals surface area contributed by atoms with Gasteiger partial charge in [0.05, 0.1) is 11.0 Å². The number of barbiturate groups is 1. The number of aromatic nitrogens is 2. The van der Waals surface area contributed by atoms with Gasteiger partial charge >= 0.3 is 6.03 Å². The van der Waals surface area contributed by atoms with Gasteiger partial charge in [-0.15, -0.1) is 0 Å². The fourth-order valence-electron chi connectivity index (χ4n) is 9.08. The molecule has 3 heterocycles. The van der Waals surface area contributed by atoms with Crippen molar-refractivity contribution < 1.29 is 14.4 Å². The van der Waals surface area contributed by atoms with E-state index >= 15 is 0 Å². The Morgan fingerprint density at radius 3 is 1.31 bits per heavy atom. The van der Waals surface area contributed by atoms with Crippen molar-refractivity contribution in [1.29, 1.82) is 0 Å². The second-order valence-electron chi connectivity index (χ2n) is 15.3. The van der Waals surface area contributed by atoms with Gasteiger partial charge in [0, 0.05) is 59.4 Å². The molecule has 1 aliphatic heterocycles. The summed E-state index contributed by atoms with van der Waals surface area (Å²) in [4.78, 5) is 43.1. The topological polar surface area (TPSA) is 67.6 Å². The molecule has 0 bridgehead atoms. The third kappa shape index (κ3) is 5.69. The number of urea groups is 1. The summed E-state index contributed by atoms with van der Waals surface area (Å²) in [7, 11) is 2.88. The third-order valence-corrected chi connectivity index (χ3v) is 11.9. The van der Waals surface area contributed by atoms with Crippen molar-refractivity contribution in [2.45, 2.75) is 25.9 Å². The predicted molar refractivity (Wildman–Crippen MR) is 233 cm³/mol. The molecule has 0 unspecified atom stereocenters. The van der Waals surface area contributed by atoms with E-state index in [-0.39, 0.29) is 5.57 Å². The Kier molecular flexibility index (Phi) is 8.52. The Bertz CT molecular complexity index is 2980. The molecule has 7 heteroatoms. The highest BCUT2D eigenvalue weighted by Crippen LogP contribution is 2.40. The standard InChI is InChI=1S/C51H40N4O3/c1-52-49(56)48(50(57)53(2)51(52)58)45-37(27-29-41-39-21-9-17-35-19-11-23-43(46(35)39)54(41)31-33-13-5-3-6-14-33)25-26-38(45)28-30-42-40-22-10-18-36-20-12-24-44(47(36)40)55(42)32-34-15-7-4-8-16-34/h3-24,27-30H,25-26,31-32H2,1-2H3/b37-27-,38-28-,41-29-,42-30-. The lowest BCUT2D eigenvalue weighted by atomic mass is 9.95. The number of rotatable bonds is 6. The zero-order chi connectivity index (χ0) is 39.5. The van der Waals surface area contributed by atoms with Crippen molar-refractivity contribution in [2.75, 3.05) is 14.1 Å². The maximum absolute atomic E-state index is 14.1. The Labute approximate surface area is 335 Å². The smallest absolute Gasteiger partial charge is 0.333 e. The van der Waals surface area contributed by atoms with Crippen LogP contribution >= 0.6 is 0 Å². The van der Waals surface area contributed by atoms with Crippen LogP contribution in [0.4, 0.5) is 4.79 Å². The number of benzene rings is 6. The summed E-state index contributed by atoms with van der Waals surface area (Å²) in [6.45, 7) is 1.36. The normalized spacial score (nSPS) is 17.4. The molecule has 4 amide bonds. The molecule has 58 heavy (non-hydrogen) atoms. The maximum Gasteiger partial charge on any atom is 0.333 e. The minimum absolute atomic E-state index is 0.0207. The molecule has 282 valence electrons. The maximum atomic E-state index is 14.1. The molecule has 1 aliphatic carbocycles. The molecule has 7 nitrogen and oxygen atoms in total. The van der Waals surface area contributed by atoms with Crippen LogP contribution in [0.1, 0.15) is 24.0 Å². The third-order valence-electron chi connectivity index (χ3n) is 11.9. The highest BCUT2D eigenvalue weighted by molar-refractivity contribution is 6.29. The van der Waals surface area contributed by atoms with E-state index in [1.165, 1.54) is 46.8 Å². The molecule has 0 spiro atoms. The molecular formula is C51H40N4O3. The quantitative estimate of drug-likeness (QED) is 0.126. The van der Waals surface area contributed by atoms with E-state index in [0.717, 1.165) is 53.5 Å². The number of likely N-dealkylation sites (N-methyl/N-ethyl adjacent to an activating group) is 2. The van der Waals surface area contributed by atoms with Crippen molar-refractivity contribution in [2.24, 2.45) is 0 Å². The van der Waals surface area contributed by atoms with Crippen LogP contribution in [0.2, 0.25) is 0 Å². The van der Waals surface area contributed by atoms with Crippen LogP contribution in [-0.2, 0) is 22.7 Å². The Balaban J connectivity index is 1.19. The highest BCUT2D eigenvalue weighted by Gasteiger charge is 2.42. The second kappa shape index (κ2) is 14.0. The van der Waals surface area contributed by atoms with Crippen LogP contribution in [-0.4, -0.2) is 50.9 Å². The van der Waals surface area contributed by atoms with E-state index in [1.54, 1.807) is 0 Å². The number of allylic oxidation sites excluding steroid dienone is 5. The van der Waals surface area contributed by atoms with Gasteiger partial charge in [0.1, 0.15) is 5.57 Å². The molecule has 8 aromatic rings. The molecule has 1 saturated heterocycles. The number of carbonyl (C=O) groups is 3. The number of hydrogen-bond donors (Lipinski definition) is 0. The van der Waals surface area contributed by atoms with Crippen LogP contribution in [0.5, 0.6) is 0 Å². The van der Waals surface area contributed by atoms with Gasteiger partial charge < -0.3 is 9.13 Å². The van der Waals surface area contributed by atoms with Gasteiger partial charge in [-0.2, -0.15) is 0 Å². The Morgan fingerprint density at radius 1 is 0.466 bits per heavy atom. The molecule has 1 saturated carbocycles. The fraction of sp³-hybridized carbons (Fsp3) is 0.118. The van der Waals surface area contributed by atoms with Gasteiger partial charge in [0.25, 0.3) is 11.8 Å². The van der Waals surface area contributed by atoms with Gasteiger partial charge in [-0.25, -0.2) is 4.79 Å². The minimum Gasteiger partial charge on any atom is -0.336 e. The van der Waals surface area contributed by atoms with Gasteiger partial charge in [-0.1, -0.05) is 133 Å². The molecular weight excluding hydrogens is 717 g/mol. The molecule has 0 N–H and O–H groups in total. The van der Waals surface area contributed by atoms with Crippen LogP contribution in [0.25, 0.3) is 55.5 Å². The van der Waals surface area contributed by atoms with Crippen molar-refractivity contribution in [1.82, 2.24) is 18.9 Å². The van der Waals surface area contributed by atoms with Gasteiger partial charge in [0.2, 0.25) is 0 Å². The molecule has 2 fully saturated rings. The minimum atomic E-state index is -0.639. The summed E-state index contributed by atoms with van der Waals surface area (Å²) < 4.78 is 4.70. The van der Waals surface area contributed by atoms with Crippen LogP contribution < -0.4 is 10.7 Å². The number of amides is 4. The van der Waals surface area contributed by atoms with Crippen LogP contribution in [0, 0.1) is 0 Å². The summed E-state index contributed by atoms with van der Waals surface area (Å²) >= 11 is 0. The summed E-state index contributed by atoms with van der Waals surface area (Å²) in [5.41, 5.74) is 7.04. The van der Waals surface area contributed by atoms with Crippen molar-refractivity contribution >= 4 is 73.3 Å². The number of hydrogen-bond acceptors (Lipinski definition) is 3. The summed E-state index contributed by atoms with van der Waals surface area (Å²) in [6, 6.07) is 45.9. The van der Waals surface area contributed by atoms with Gasteiger partial charge in [0.15, 0.2) is 0 Å². The first-order valence-electron chi connectivity index (χ1n) is 19.7. The lowest BCUT2D eigenvalue weighted by molar-refractivity contribution is -0.134. The number of nitrogens with zero attached hydrogens (tertiary/aromatic N) is 4. The van der Waals surface area contributed by atoms with E-state index in [2.05, 4.69) is 155 Å². The molecule has 2 aliphatic rings. The summed E-state index contributed by atoms with van der Waals surface area (Å²) in [5.74, 6) is -1.18. The molecule has 10 rings (SSSR count). The average Bonchev–Trinajstić information content (AvgIpc) is 3.90. The zero-order valence-corrected chi connectivity index (χ0v) is 32.4. The average molecular weight is 757 g/mol. The first-order chi connectivity index (χ1) is 28.4. The monoisotopic (exact) mass is 756 g/mol. The molecule has 2 aromatic heterocycles. The van der Waals surface area contributed by atoms with Crippen molar-refractivity contribution in [3.63, 3.8) is 0 Å². The first kappa shape index (κ1) is 35.2. The molecule has 0 atom stereocenters. The summed E-state index contributed by atoms with van der Waals surface area (Å²) in [6.07, 6.45) is 9.69. The summed E-state index contributed by atoms with van der Waals surface area (Å²) in [5, 5.41) is 9.12. The number of imide groups is 2. The van der Waals surface area contributed by atoms with E-state index in [9.17, 15) is 14.4 Å². The molecule has 0 radical (unpaired) electrons. The van der Waals surface area contributed by atoms with Crippen molar-refractivity contribution in [3.05, 3.63) is 190 Å². The van der Waals surface area contributed by atoms with E-state index in [1.807, 2.05) is 12.1 Å². The van der Waals surface area contributed by atoms with E-state index < -0.39 is 17.8 Å². The van der Waals surface area contributed by atoms with E-state index in [0.29, 0.717) is 31.5 Å². The first-order valence-corrected chi connectivity index (χ1v) is 19.7. The Hall–Kier alpha value is -7.25.